The molecule has 6 aromatic carbocycles. The van der Waals surface area contributed by atoms with Crippen LogP contribution in [0.25, 0.3) is 60.1 Å². The molecule has 4 aliphatic rings. The van der Waals surface area contributed by atoms with Crippen molar-refractivity contribution >= 4 is 60.3 Å². The summed E-state index contributed by atoms with van der Waals surface area (Å²) in [6.45, 7) is 4.43. The topological polar surface area (TPSA) is 31.7 Å². The number of aromatic nitrogens is 1. The van der Waals surface area contributed by atoms with Crippen molar-refractivity contribution in [1.29, 1.82) is 0 Å². The quantitative estimate of drug-likeness (QED) is 0.171. The fourth-order valence-electron chi connectivity index (χ4n) is 10.0. The molecule has 2 saturated heterocycles. The molecule has 264 valence electrons. The summed E-state index contributed by atoms with van der Waals surface area (Å²) in [7, 11) is 0. The van der Waals surface area contributed by atoms with Gasteiger partial charge in [-0.3, -0.25) is 4.99 Å². The minimum atomic E-state index is 0.0654. The first-order chi connectivity index (χ1) is 26.8. The van der Waals surface area contributed by atoms with E-state index >= 15 is 0 Å². The molecular formula is C50H44N4. The molecule has 4 heteroatoms. The highest BCUT2D eigenvalue weighted by molar-refractivity contribution is 6.25. The molecule has 0 bridgehead atoms. The van der Waals surface area contributed by atoms with Gasteiger partial charge in [0.2, 0.25) is 0 Å². The zero-order chi connectivity index (χ0) is 35.6. The molecule has 1 aromatic heterocycles. The molecule has 4 heterocycles. The van der Waals surface area contributed by atoms with Crippen LogP contribution in [0.2, 0.25) is 0 Å². The molecule has 0 radical (unpaired) electrons. The van der Waals surface area contributed by atoms with Gasteiger partial charge in [0.1, 0.15) is 0 Å². The van der Waals surface area contributed by atoms with E-state index in [2.05, 4.69) is 143 Å². The lowest BCUT2D eigenvalue weighted by Gasteiger charge is -2.32. The van der Waals surface area contributed by atoms with E-state index in [1.807, 2.05) is 0 Å². The van der Waals surface area contributed by atoms with Crippen LogP contribution in [-0.4, -0.2) is 37.2 Å². The van der Waals surface area contributed by atoms with Crippen molar-refractivity contribution in [3.05, 3.63) is 150 Å². The summed E-state index contributed by atoms with van der Waals surface area (Å²) in [6, 6.07) is 41.3. The lowest BCUT2D eigenvalue weighted by Crippen LogP contribution is -2.39. The van der Waals surface area contributed by atoms with Gasteiger partial charge in [-0.05, 0) is 119 Å². The molecule has 0 N–H and O–H groups in total. The zero-order valence-corrected chi connectivity index (χ0v) is 30.7. The number of rotatable bonds is 4. The zero-order valence-electron chi connectivity index (χ0n) is 30.7. The van der Waals surface area contributed by atoms with E-state index in [0.717, 1.165) is 42.6 Å². The Morgan fingerprint density at radius 1 is 0.463 bits per heavy atom. The Kier molecular flexibility index (Phi) is 7.64. The normalized spacial score (nSPS) is 19.7. The smallest absolute Gasteiger partial charge is 0.0794 e. The van der Waals surface area contributed by atoms with Gasteiger partial charge in [0, 0.05) is 65.0 Å². The second-order valence-electron chi connectivity index (χ2n) is 15.7. The summed E-state index contributed by atoms with van der Waals surface area (Å²) in [5, 5.41) is 9.98. The van der Waals surface area contributed by atoms with E-state index < -0.39 is 0 Å². The molecule has 2 fully saturated rings. The van der Waals surface area contributed by atoms with Crippen LogP contribution in [0.4, 0.5) is 11.4 Å². The van der Waals surface area contributed by atoms with E-state index in [1.54, 1.807) is 0 Å². The third kappa shape index (κ3) is 5.10. The third-order valence-electron chi connectivity index (χ3n) is 12.6. The number of hydrogen-bond acceptors (Lipinski definition) is 4. The molecule has 0 amide bonds. The molecule has 7 aromatic rings. The van der Waals surface area contributed by atoms with Gasteiger partial charge in [0.25, 0.3) is 0 Å². The van der Waals surface area contributed by atoms with Crippen molar-refractivity contribution in [2.24, 2.45) is 10.9 Å². The van der Waals surface area contributed by atoms with Crippen LogP contribution in [-0.2, 0) is 0 Å². The number of benzene rings is 6. The number of anilines is 2. The Bertz CT molecular complexity index is 2760. The maximum Gasteiger partial charge on any atom is 0.0794 e. The predicted molar refractivity (Wildman–Crippen MR) is 227 cm³/mol. The Hall–Kier alpha value is -5.74. The number of piperidine rings is 2. The molecule has 11 rings (SSSR count). The van der Waals surface area contributed by atoms with Crippen LogP contribution in [0.3, 0.4) is 0 Å². The fourth-order valence-corrected chi connectivity index (χ4v) is 10.0. The SMILES string of the molecule is C1=CC2N=c3ccccc3=C(c3c4cc(N5CCCCC5)ccc4c(-c4c5ccccc5nc5ccccc45)c4cc(N5CCCCC5)ccc34)C2C=C1. The van der Waals surface area contributed by atoms with Gasteiger partial charge in [0.05, 0.1) is 22.4 Å². The average molecular weight is 701 g/mol. The molecule has 54 heavy (non-hydrogen) atoms. The lowest BCUT2D eigenvalue weighted by molar-refractivity contribution is 0.578. The Morgan fingerprint density at radius 3 is 1.67 bits per heavy atom. The van der Waals surface area contributed by atoms with Gasteiger partial charge < -0.3 is 9.80 Å². The highest BCUT2D eigenvalue weighted by Gasteiger charge is 2.31. The molecule has 4 nitrogen and oxygen atoms in total. The van der Waals surface area contributed by atoms with Gasteiger partial charge in [-0.1, -0.05) is 91.0 Å². The first kappa shape index (κ1) is 31.8. The Labute approximate surface area is 316 Å². The van der Waals surface area contributed by atoms with E-state index in [-0.39, 0.29) is 12.0 Å². The number of nitrogens with zero attached hydrogens (tertiary/aromatic N) is 4. The summed E-state index contributed by atoms with van der Waals surface area (Å²) in [5.41, 5.74) is 10.1. The maximum absolute atomic E-state index is 5.32. The van der Waals surface area contributed by atoms with Crippen LogP contribution in [0.5, 0.6) is 0 Å². The van der Waals surface area contributed by atoms with E-state index in [1.165, 1.54) is 110 Å². The molecular weight excluding hydrogens is 657 g/mol. The molecule has 2 atom stereocenters. The molecule has 3 aliphatic heterocycles. The number of para-hydroxylation sites is 3. The number of fused-ring (bicyclic) bond motifs is 6. The van der Waals surface area contributed by atoms with Crippen LogP contribution < -0.4 is 20.4 Å². The number of hydrogen-bond donors (Lipinski definition) is 0. The lowest BCUT2D eigenvalue weighted by atomic mass is 9.76. The molecule has 1 aliphatic carbocycles. The second kappa shape index (κ2) is 13.0. The van der Waals surface area contributed by atoms with Crippen molar-refractivity contribution in [1.82, 2.24) is 4.98 Å². The summed E-state index contributed by atoms with van der Waals surface area (Å²) in [6.07, 6.45) is 16.7. The Balaban J connectivity index is 1.34. The fraction of sp³-hybridized carbons (Fsp3) is 0.240. The highest BCUT2D eigenvalue weighted by Crippen LogP contribution is 2.49. The van der Waals surface area contributed by atoms with Gasteiger partial charge in [-0.2, -0.15) is 0 Å². The van der Waals surface area contributed by atoms with Crippen LogP contribution in [0, 0.1) is 5.92 Å². The summed E-state index contributed by atoms with van der Waals surface area (Å²) >= 11 is 0. The summed E-state index contributed by atoms with van der Waals surface area (Å²) in [4.78, 5) is 15.8. The largest absolute Gasteiger partial charge is 0.372 e. The van der Waals surface area contributed by atoms with Gasteiger partial charge >= 0.3 is 0 Å². The van der Waals surface area contributed by atoms with Crippen molar-refractivity contribution in [3.8, 4) is 11.1 Å². The molecule has 2 unspecified atom stereocenters. The van der Waals surface area contributed by atoms with Gasteiger partial charge in [-0.15, -0.1) is 0 Å². The minimum Gasteiger partial charge on any atom is -0.372 e. The van der Waals surface area contributed by atoms with E-state index in [0.29, 0.717) is 0 Å². The predicted octanol–water partition coefficient (Wildman–Crippen LogP) is 10.3. The number of pyridine rings is 1. The van der Waals surface area contributed by atoms with Crippen molar-refractivity contribution < 1.29 is 0 Å². The maximum atomic E-state index is 5.32. The first-order valence-electron chi connectivity index (χ1n) is 20.1. The highest BCUT2D eigenvalue weighted by atomic mass is 15.1. The summed E-state index contributed by atoms with van der Waals surface area (Å²) < 4.78 is 0. The van der Waals surface area contributed by atoms with Gasteiger partial charge in [0.15, 0.2) is 0 Å². The second-order valence-corrected chi connectivity index (χ2v) is 15.7. The first-order valence-corrected chi connectivity index (χ1v) is 20.1. The average Bonchev–Trinajstić information content (AvgIpc) is 3.24. The van der Waals surface area contributed by atoms with E-state index in [9.17, 15) is 0 Å². The number of allylic oxidation sites excluding steroid dienone is 2. The van der Waals surface area contributed by atoms with Gasteiger partial charge in [-0.25, -0.2) is 4.98 Å². The van der Waals surface area contributed by atoms with Crippen molar-refractivity contribution in [2.75, 3.05) is 36.0 Å². The molecule has 0 spiro atoms. The van der Waals surface area contributed by atoms with Crippen LogP contribution >= 0.6 is 0 Å². The molecule has 0 saturated carbocycles. The van der Waals surface area contributed by atoms with E-state index in [4.69, 9.17) is 9.98 Å². The van der Waals surface area contributed by atoms with Crippen LogP contribution in [0.15, 0.2) is 138 Å². The monoisotopic (exact) mass is 700 g/mol. The minimum absolute atomic E-state index is 0.0654. The Morgan fingerprint density at radius 2 is 1.00 bits per heavy atom. The van der Waals surface area contributed by atoms with Crippen molar-refractivity contribution in [3.63, 3.8) is 0 Å². The standard InChI is InChI=1S/C50H44N4/c1-11-27-53(28-12-1)33-23-25-35-41(31-33)47(49-37-15-3-7-19-43(37)51-44-20-8-4-16-38(44)49)36-26-24-34(54-29-13-2-14-30-54)32-42(36)48(35)50-39-17-5-9-21-45(39)52-46-22-10-6-18-40(46)50/h3-10,15-26,31-32,37,43H,1-2,11-14,27-30H2. The summed E-state index contributed by atoms with van der Waals surface area (Å²) in [5.74, 6) is 0.144. The van der Waals surface area contributed by atoms with Crippen LogP contribution in [0.1, 0.15) is 44.1 Å². The van der Waals surface area contributed by atoms with Crippen molar-refractivity contribution in [2.45, 2.75) is 44.6 Å². The third-order valence-corrected chi connectivity index (χ3v) is 12.6.